The van der Waals surface area contributed by atoms with Gasteiger partial charge in [0, 0.05) is 18.9 Å². The SMILES string of the molecule is COCCc1nc2c(N)nc3cccc(CCCN)c3c2[nH]1.Cl.Cl. The summed E-state index contributed by atoms with van der Waals surface area (Å²) in [5, 5.41) is 1.09. The summed E-state index contributed by atoms with van der Waals surface area (Å²) in [7, 11) is 1.68. The average molecular weight is 372 g/mol. The number of nitrogens with zero attached hydrogens (tertiary/aromatic N) is 2. The van der Waals surface area contributed by atoms with Gasteiger partial charge in [-0.25, -0.2) is 9.97 Å². The summed E-state index contributed by atoms with van der Waals surface area (Å²) in [4.78, 5) is 12.5. The molecule has 0 spiro atoms. The van der Waals surface area contributed by atoms with Gasteiger partial charge < -0.3 is 21.2 Å². The molecule has 5 N–H and O–H groups in total. The molecule has 0 saturated heterocycles. The van der Waals surface area contributed by atoms with Crippen LogP contribution in [0.1, 0.15) is 17.8 Å². The van der Waals surface area contributed by atoms with Crippen molar-refractivity contribution in [3.05, 3.63) is 29.6 Å². The molecule has 0 aliphatic rings. The maximum Gasteiger partial charge on any atom is 0.152 e. The standard InChI is InChI=1S/C16H21N5O.2ClH/c1-22-9-7-12-20-14-13-10(5-3-8-17)4-2-6-11(13)19-16(18)15(14)21-12;;/h2,4,6H,3,5,7-9,17H2,1H3,(H2,18,19)(H,20,21);2*1H. The van der Waals surface area contributed by atoms with Gasteiger partial charge in [0.1, 0.15) is 11.3 Å². The van der Waals surface area contributed by atoms with E-state index in [-0.39, 0.29) is 24.8 Å². The topological polar surface area (TPSA) is 103 Å². The van der Waals surface area contributed by atoms with E-state index in [2.05, 4.69) is 21.0 Å². The molecule has 0 fully saturated rings. The highest BCUT2D eigenvalue weighted by molar-refractivity contribution is 6.07. The number of H-pyrrole nitrogens is 1. The Morgan fingerprint density at radius 1 is 1.17 bits per heavy atom. The zero-order chi connectivity index (χ0) is 15.5. The van der Waals surface area contributed by atoms with Crippen LogP contribution < -0.4 is 11.5 Å². The van der Waals surface area contributed by atoms with E-state index < -0.39 is 0 Å². The van der Waals surface area contributed by atoms with Crippen molar-refractivity contribution >= 4 is 52.6 Å². The Kier molecular flexibility index (Phi) is 7.69. The van der Waals surface area contributed by atoms with Crippen LogP contribution in [0.2, 0.25) is 0 Å². The number of methoxy groups -OCH3 is 1. The van der Waals surface area contributed by atoms with Gasteiger partial charge in [-0.2, -0.15) is 0 Å². The molecule has 3 aromatic rings. The minimum absolute atomic E-state index is 0. The van der Waals surface area contributed by atoms with Crippen molar-refractivity contribution in [2.45, 2.75) is 19.3 Å². The fraction of sp³-hybridized carbons (Fsp3) is 0.375. The number of aromatic nitrogens is 3. The van der Waals surface area contributed by atoms with Crippen LogP contribution in [-0.2, 0) is 17.6 Å². The Hall–Kier alpha value is -1.60. The van der Waals surface area contributed by atoms with Gasteiger partial charge >= 0.3 is 0 Å². The molecular weight excluding hydrogens is 349 g/mol. The summed E-state index contributed by atoms with van der Waals surface area (Å²) in [6, 6.07) is 6.10. The van der Waals surface area contributed by atoms with Crippen LogP contribution >= 0.6 is 24.8 Å². The minimum atomic E-state index is 0. The number of halogens is 2. The van der Waals surface area contributed by atoms with Crippen molar-refractivity contribution in [2.75, 3.05) is 26.0 Å². The van der Waals surface area contributed by atoms with Gasteiger partial charge in [-0.1, -0.05) is 12.1 Å². The summed E-state index contributed by atoms with van der Waals surface area (Å²) < 4.78 is 5.12. The van der Waals surface area contributed by atoms with Gasteiger partial charge in [-0.3, -0.25) is 0 Å². The first-order valence-corrected chi connectivity index (χ1v) is 7.49. The monoisotopic (exact) mass is 371 g/mol. The predicted octanol–water partition coefficient (Wildman–Crippen LogP) is 2.62. The number of aromatic amines is 1. The molecule has 1 aromatic carbocycles. The molecule has 3 rings (SSSR count). The number of ether oxygens (including phenoxy) is 1. The molecule has 0 unspecified atom stereocenters. The van der Waals surface area contributed by atoms with Crippen molar-refractivity contribution < 1.29 is 4.74 Å². The Morgan fingerprint density at radius 3 is 2.67 bits per heavy atom. The number of nitrogens with two attached hydrogens (primary N) is 2. The van der Waals surface area contributed by atoms with Gasteiger partial charge in [0.2, 0.25) is 0 Å². The molecule has 0 bridgehead atoms. The fourth-order valence-electron chi connectivity index (χ4n) is 2.76. The number of nitrogens with one attached hydrogen (secondary N) is 1. The normalized spacial score (nSPS) is 10.6. The molecule has 132 valence electrons. The van der Waals surface area contributed by atoms with Gasteiger partial charge in [0.15, 0.2) is 5.82 Å². The van der Waals surface area contributed by atoms with Crippen LogP contribution in [0.25, 0.3) is 21.9 Å². The number of imidazole rings is 1. The third-order valence-electron chi connectivity index (χ3n) is 3.81. The lowest BCUT2D eigenvalue weighted by Crippen LogP contribution is -2.01. The summed E-state index contributed by atoms with van der Waals surface area (Å²) in [6.45, 7) is 1.29. The molecule has 0 saturated carbocycles. The Morgan fingerprint density at radius 2 is 1.96 bits per heavy atom. The molecular formula is C16H23Cl2N5O. The number of rotatable bonds is 6. The van der Waals surface area contributed by atoms with E-state index in [1.54, 1.807) is 7.11 Å². The van der Waals surface area contributed by atoms with Crippen molar-refractivity contribution in [1.82, 2.24) is 15.0 Å². The van der Waals surface area contributed by atoms with Gasteiger partial charge in [0.05, 0.1) is 17.6 Å². The molecule has 8 heteroatoms. The number of nitrogen functional groups attached to an aromatic ring is 1. The van der Waals surface area contributed by atoms with E-state index in [9.17, 15) is 0 Å². The van der Waals surface area contributed by atoms with Crippen LogP contribution in [-0.4, -0.2) is 35.2 Å². The molecule has 0 radical (unpaired) electrons. The molecule has 6 nitrogen and oxygen atoms in total. The summed E-state index contributed by atoms with van der Waals surface area (Å²) in [6.07, 6.45) is 2.58. The van der Waals surface area contributed by atoms with Crippen LogP contribution in [0, 0.1) is 0 Å². The van der Waals surface area contributed by atoms with Gasteiger partial charge in [-0.15, -0.1) is 24.8 Å². The van der Waals surface area contributed by atoms with E-state index >= 15 is 0 Å². The third kappa shape index (κ3) is 3.89. The lowest BCUT2D eigenvalue weighted by Gasteiger charge is -2.07. The highest BCUT2D eigenvalue weighted by Crippen LogP contribution is 2.29. The number of anilines is 1. The largest absolute Gasteiger partial charge is 0.384 e. The second kappa shape index (κ2) is 9.03. The lowest BCUT2D eigenvalue weighted by atomic mass is 10.0. The minimum Gasteiger partial charge on any atom is -0.384 e. The van der Waals surface area contributed by atoms with Crippen LogP contribution in [0.3, 0.4) is 0 Å². The highest BCUT2D eigenvalue weighted by atomic mass is 35.5. The van der Waals surface area contributed by atoms with E-state index in [1.165, 1.54) is 5.56 Å². The van der Waals surface area contributed by atoms with Crippen molar-refractivity contribution in [3.8, 4) is 0 Å². The molecule has 0 aliphatic carbocycles. The Labute approximate surface area is 153 Å². The Balaban J connectivity index is 0.00000144. The maximum absolute atomic E-state index is 6.07. The summed E-state index contributed by atoms with van der Waals surface area (Å²) in [5.41, 5.74) is 15.5. The van der Waals surface area contributed by atoms with Crippen LogP contribution in [0.5, 0.6) is 0 Å². The molecule has 2 aromatic heterocycles. The zero-order valence-electron chi connectivity index (χ0n) is 13.5. The van der Waals surface area contributed by atoms with Crippen molar-refractivity contribution in [2.24, 2.45) is 5.73 Å². The predicted molar refractivity (Wildman–Crippen MR) is 103 cm³/mol. The van der Waals surface area contributed by atoms with E-state index in [0.717, 1.165) is 47.0 Å². The highest BCUT2D eigenvalue weighted by Gasteiger charge is 2.14. The molecule has 2 heterocycles. The van der Waals surface area contributed by atoms with E-state index in [4.69, 9.17) is 16.2 Å². The van der Waals surface area contributed by atoms with E-state index in [0.29, 0.717) is 19.0 Å². The fourth-order valence-corrected chi connectivity index (χ4v) is 2.76. The smallest absolute Gasteiger partial charge is 0.152 e. The van der Waals surface area contributed by atoms with Crippen molar-refractivity contribution in [1.29, 1.82) is 0 Å². The van der Waals surface area contributed by atoms with Crippen LogP contribution in [0.15, 0.2) is 18.2 Å². The zero-order valence-corrected chi connectivity index (χ0v) is 15.2. The number of fused-ring (bicyclic) bond motifs is 3. The van der Waals surface area contributed by atoms with Crippen LogP contribution in [0.4, 0.5) is 5.82 Å². The number of benzene rings is 1. The first-order chi connectivity index (χ1) is 10.7. The van der Waals surface area contributed by atoms with Crippen molar-refractivity contribution in [3.63, 3.8) is 0 Å². The molecule has 24 heavy (non-hydrogen) atoms. The number of aryl methyl sites for hydroxylation is 1. The quantitative estimate of drug-likeness (QED) is 0.617. The molecule has 0 amide bonds. The summed E-state index contributed by atoms with van der Waals surface area (Å²) >= 11 is 0. The summed E-state index contributed by atoms with van der Waals surface area (Å²) in [5.74, 6) is 1.32. The molecule has 0 aliphatic heterocycles. The second-order valence-electron chi connectivity index (χ2n) is 5.35. The Bertz CT molecular complexity index is 806. The average Bonchev–Trinajstić information content (AvgIpc) is 2.95. The van der Waals surface area contributed by atoms with Gasteiger partial charge in [0.25, 0.3) is 0 Å². The number of hydrogen-bond donors (Lipinski definition) is 3. The van der Waals surface area contributed by atoms with Gasteiger partial charge in [-0.05, 0) is 31.0 Å². The van der Waals surface area contributed by atoms with E-state index in [1.807, 2.05) is 12.1 Å². The lowest BCUT2D eigenvalue weighted by molar-refractivity contribution is 0.201. The number of pyridine rings is 1. The third-order valence-corrected chi connectivity index (χ3v) is 3.81. The maximum atomic E-state index is 6.07. The second-order valence-corrected chi connectivity index (χ2v) is 5.35. The first kappa shape index (κ1) is 20.4. The number of hydrogen-bond acceptors (Lipinski definition) is 5. The first-order valence-electron chi connectivity index (χ1n) is 7.49. The molecule has 0 atom stereocenters.